The van der Waals surface area contributed by atoms with Crippen molar-refractivity contribution in [3.05, 3.63) is 123 Å². The number of benzene rings is 3. The van der Waals surface area contributed by atoms with Crippen LogP contribution in [0.5, 0.6) is 17.4 Å². The van der Waals surface area contributed by atoms with E-state index in [1.807, 2.05) is 78.5 Å². The molecule has 3 aromatic heterocycles. The van der Waals surface area contributed by atoms with Gasteiger partial charge in [0.1, 0.15) is 24.7 Å². The van der Waals surface area contributed by atoms with Gasteiger partial charge in [-0.15, -0.1) is 16.4 Å². The summed E-state index contributed by atoms with van der Waals surface area (Å²) in [5, 5.41) is 14.9. The van der Waals surface area contributed by atoms with Gasteiger partial charge in [-0.25, -0.2) is 14.6 Å². The molecule has 250 valence electrons. The third-order valence-corrected chi connectivity index (χ3v) is 8.88. The summed E-state index contributed by atoms with van der Waals surface area (Å²) in [4.78, 5) is 21.5. The number of aliphatic carboxylic acids is 1. The molecule has 0 unspecified atom stereocenters. The number of carboxylic acids is 1. The van der Waals surface area contributed by atoms with Crippen molar-refractivity contribution < 1.29 is 28.5 Å². The maximum atomic E-state index is 11.0. The average Bonchev–Trinajstić information content (AvgIpc) is 3.81. The number of thiazole rings is 1. The van der Waals surface area contributed by atoms with Crippen LogP contribution in [0.2, 0.25) is 0 Å². The molecule has 0 bridgehead atoms. The van der Waals surface area contributed by atoms with E-state index in [1.165, 1.54) is 4.88 Å². The van der Waals surface area contributed by atoms with Crippen molar-refractivity contribution in [2.75, 3.05) is 7.11 Å². The largest absolute Gasteiger partial charge is 0.493 e. The Kier molecular flexibility index (Phi) is 10.2. The van der Waals surface area contributed by atoms with Gasteiger partial charge in [0.25, 0.3) is 0 Å². The SMILES string of the molecule is CCc1nc(C=Cc2cn(-c3ccccc3)nc2OCc2ccc(OCc3nc(-c4ccc(CC(=O)O)cc4)oc3C)c(OC)c2)c(C)s1. The highest BCUT2D eigenvalue weighted by Crippen LogP contribution is 2.31. The van der Waals surface area contributed by atoms with E-state index in [0.29, 0.717) is 40.3 Å². The quantitative estimate of drug-likeness (QED) is 0.122. The van der Waals surface area contributed by atoms with Gasteiger partial charge in [0.05, 0.1) is 35.5 Å². The monoisotopic (exact) mass is 676 g/mol. The van der Waals surface area contributed by atoms with Crippen molar-refractivity contribution in [3.63, 3.8) is 0 Å². The minimum absolute atomic E-state index is 0.0405. The Bertz CT molecular complexity index is 2080. The van der Waals surface area contributed by atoms with Crippen LogP contribution in [-0.2, 0) is 30.8 Å². The molecular weight excluding hydrogens is 641 g/mol. The third-order valence-electron chi connectivity index (χ3n) is 7.74. The van der Waals surface area contributed by atoms with Gasteiger partial charge in [-0.2, -0.15) is 0 Å². The first-order chi connectivity index (χ1) is 23.8. The molecular formula is C38H36N4O6S. The topological polar surface area (TPSA) is 122 Å². The first-order valence-electron chi connectivity index (χ1n) is 15.8. The molecule has 10 nitrogen and oxygen atoms in total. The van der Waals surface area contributed by atoms with Gasteiger partial charge in [-0.1, -0.05) is 43.3 Å². The number of hydrogen-bond donors (Lipinski definition) is 1. The smallest absolute Gasteiger partial charge is 0.307 e. The molecule has 3 heterocycles. The molecule has 0 fully saturated rings. The molecule has 0 radical (unpaired) electrons. The van der Waals surface area contributed by atoms with Crippen LogP contribution < -0.4 is 14.2 Å². The van der Waals surface area contributed by atoms with E-state index >= 15 is 0 Å². The number of carbonyl (C=O) groups is 1. The van der Waals surface area contributed by atoms with E-state index in [1.54, 1.807) is 42.7 Å². The summed E-state index contributed by atoms with van der Waals surface area (Å²) in [6.45, 7) is 6.45. The zero-order valence-corrected chi connectivity index (χ0v) is 28.5. The molecule has 6 aromatic rings. The molecule has 0 saturated carbocycles. The second kappa shape index (κ2) is 15.0. The van der Waals surface area contributed by atoms with E-state index in [0.717, 1.165) is 39.5 Å². The highest BCUT2D eigenvalue weighted by atomic mass is 32.1. The van der Waals surface area contributed by atoms with Gasteiger partial charge in [-0.3, -0.25) is 4.79 Å². The number of hydrogen-bond acceptors (Lipinski definition) is 9. The highest BCUT2D eigenvalue weighted by molar-refractivity contribution is 7.11. The highest BCUT2D eigenvalue weighted by Gasteiger charge is 2.16. The van der Waals surface area contributed by atoms with Gasteiger partial charge in [0.15, 0.2) is 11.5 Å². The molecule has 0 amide bonds. The summed E-state index contributed by atoms with van der Waals surface area (Å²) in [7, 11) is 1.59. The van der Waals surface area contributed by atoms with Crippen molar-refractivity contribution >= 4 is 29.5 Å². The van der Waals surface area contributed by atoms with Crippen LogP contribution >= 0.6 is 11.3 Å². The summed E-state index contributed by atoms with van der Waals surface area (Å²) in [6, 6.07) is 22.7. The van der Waals surface area contributed by atoms with E-state index in [9.17, 15) is 4.79 Å². The summed E-state index contributed by atoms with van der Waals surface area (Å²) >= 11 is 1.71. The first-order valence-corrected chi connectivity index (χ1v) is 16.6. The predicted octanol–water partition coefficient (Wildman–Crippen LogP) is 8.13. The molecule has 0 aliphatic rings. The lowest BCUT2D eigenvalue weighted by atomic mass is 10.1. The predicted molar refractivity (Wildman–Crippen MR) is 188 cm³/mol. The van der Waals surface area contributed by atoms with Gasteiger partial charge >= 0.3 is 5.97 Å². The van der Waals surface area contributed by atoms with Crippen LogP contribution in [0.3, 0.4) is 0 Å². The number of aromatic nitrogens is 4. The second-order valence-electron chi connectivity index (χ2n) is 11.3. The molecule has 1 N–H and O–H groups in total. The van der Waals surface area contributed by atoms with Crippen LogP contribution in [0.15, 0.2) is 83.4 Å². The molecule has 0 saturated heterocycles. The number of rotatable bonds is 14. The molecule has 0 atom stereocenters. The van der Waals surface area contributed by atoms with Crippen molar-refractivity contribution in [1.29, 1.82) is 0 Å². The van der Waals surface area contributed by atoms with E-state index in [2.05, 4.69) is 18.8 Å². The van der Waals surface area contributed by atoms with Crippen LogP contribution in [-0.4, -0.2) is 37.9 Å². The van der Waals surface area contributed by atoms with Gasteiger partial charge in [0, 0.05) is 16.6 Å². The lowest BCUT2D eigenvalue weighted by Gasteiger charge is -2.12. The van der Waals surface area contributed by atoms with Gasteiger partial charge < -0.3 is 23.7 Å². The molecule has 11 heteroatoms. The van der Waals surface area contributed by atoms with Crippen molar-refractivity contribution in [1.82, 2.24) is 19.7 Å². The fraction of sp³-hybridized carbons (Fsp3) is 0.211. The molecule has 3 aromatic carbocycles. The molecule has 0 aliphatic carbocycles. The zero-order valence-electron chi connectivity index (χ0n) is 27.7. The maximum absolute atomic E-state index is 11.0. The molecule has 0 spiro atoms. The summed E-state index contributed by atoms with van der Waals surface area (Å²) in [6.07, 6.45) is 6.82. The van der Waals surface area contributed by atoms with Gasteiger partial charge in [0.2, 0.25) is 11.8 Å². The molecule has 6 rings (SSSR count). The molecule has 0 aliphatic heterocycles. The second-order valence-corrected chi connectivity index (χ2v) is 12.5. The fourth-order valence-electron chi connectivity index (χ4n) is 5.09. The number of aryl methyl sites for hydroxylation is 3. The van der Waals surface area contributed by atoms with Crippen molar-refractivity contribution in [3.8, 4) is 34.5 Å². The third kappa shape index (κ3) is 8.07. The number of nitrogens with zero attached hydrogens (tertiary/aromatic N) is 4. The van der Waals surface area contributed by atoms with Gasteiger partial charge in [-0.05, 0) is 79.9 Å². The van der Waals surface area contributed by atoms with Crippen molar-refractivity contribution in [2.45, 2.75) is 46.8 Å². The standard InChI is InChI=1S/C38H36N4O6S/c1-5-35-39-31(25(3)49-35)17-16-29-21-42(30-9-7-6-8-10-30)41-38(29)47-22-27-13-18-33(34(19-27)45-4)46-23-32-24(2)48-37(40-32)28-14-11-26(12-15-28)20-36(43)44/h6-19,21H,5,20,22-23H2,1-4H3,(H,43,44). The molecule has 49 heavy (non-hydrogen) atoms. The van der Waals surface area contributed by atoms with Crippen LogP contribution in [0, 0.1) is 13.8 Å². The Morgan fingerprint density at radius 3 is 2.43 bits per heavy atom. The number of ether oxygens (including phenoxy) is 3. The lowest BCUT2D eigenvalue weighted by molar-refractivity contribution is -0.136. The average molecular weight is 677 g/mol. The van der Waals surface area contributed by atoms with Crippen LogP contribution in [0.1, 0.15) is 50.6 Å². The number of methoxy groups -OCH3 is 1. The zero-order chi connectivity index (χ0) is 34.3. The minimum atomic E-state index is -0.879. The Balaban J connectivity index is 1.15. The summed E-state index contributed by atoms with van der Waals surface area (Å²) in [5.41, 5.74) is 5.69. The number of oxazole rings is 1. The Labute approximate surface area is 288 Å². The van der Waals surface area contributed by atoms with Crippen LogP contribution in [0.4, 0.5) is 0 Å². The Morgan fingerprint density at radius 2 is 1.71 bits per heavy atom. The minimum Gasteiger partial charge on any atom is -0.493 e. The van der Waals surface area contributed by atoms with E-state index in [4.69, 9.17) is 33.8 Å². The number of para-hydroxylation sites is 1. The van der Waals surface area contributed by atoms with E-state index < -0.39 is 5.97 Å². The fourth-order valence-corrected chi connectivity index (χ4v) is 5.95. The Hall–Kier alpha value is -5.68. The summed E-state index contributed by atoms with van der Waals surface area (Å²) in [5.74, 6) is 1.79. The van der Waals surface area contributed by atoms with E-state index in [-0.39, 0.29) is 19.6 Å². The summed E-state index contributed by atoms with van der Waals surface area (Å²) < 4.78 is 25.7. The van der Waals surface area contributed by atoms with Crippen LogP contribution in [0.25, 0.3) is 29.3 Å². The Morgan fingerprint density at radius 1 is 0.939 bits per heavy atom. The first kappa shape index (κ1) is 33.2. The number of carboxylic acid groups (broad SMARTS) is 1. The normalized spacial score (nSPS) is 11.3. The lowest BCUT2D eigenvalue weighted by Crippen LogP contribution is -2.02. The maximum Gasteiger partial charge on any atom is 0.307 e. The van der Waals surface area contributed by atoms with Crippen molar-refractivity contribution in [2.24, 2.45) is 0 Å².